The molecule has 0 fully saturated rings. The number of thioether (sulfide) groups is 1. The molecule has 25 heavy (non-hydrogen) atoms. The normalized spacial score (nSPS) is 11.0. The molecular weight excluding hydrogens is 336 g/mol. The van der Waals surface area contributed by atoms with Crippen molar-refractivity contribution >= 4 is 28.6 Å². The number of carbonyl (C=O) groups is 1. The molecule has 0 aliphatic heterocycles. The monoisotopic (exact) mass is 356 g/mol. The third-order valence-electron chi connectivity index (χ3n) is 4.06. The van der Waals surface area contributed by atoms with Crippen LogP contribution in [0.3, 0.4) is 0 Å². The Balaban J connectivity index is 1.70. The first-order valence-electron chi connectivity index (χ1n) is 8.14. The summed E-state index contributed by atoms with van der Waals surface area (Å²) in [5.41, 5.74) is 1.90. The summed E-state index contributed by atoms with van der Waals surface area (Å²) in [7, 11) is 1.78. The molecule has 0 aliphatic carbocycles. The van der Waals surface area contributed by atoms with E-state index in [0.29, 0.717) is 11.6 Å². The number of aromatic nitrogens is 1. The van der Waals surface area contributed by atoms with Crippen LogP contribution in [0.2, 0.25) is 0 Å². The molecule has 0 N–H and O–H groups in total. The van der Waals surface area contributed by atoms with Crippen LogP contribution < -0.4 is 4.73 Å². The Labute approximate surface area is 150 Å². The van der Waals surface area contributed by atoms with Gasteiger partial charge < -0.3 is 14.5 Å². The van der Waals surface area contributed by atoms with Gasteiger partial charge in [0.05, 0.1) is 5.75 Å². The number of fused-ring (bicyclic) bond motifs is 1. The van der Waals surface area contributed by atoms with E-state index in [-0.39, 0.29) is 11.7 Å². The highest BCUT2D eigenvalue weighted by molar-refractivity contribution is 7.99. The van der Waals surface area contributed by atoms with Gasteiger partial charge >= 0.3 is 0 Å². The maximum absolute atomic E-state index is 12.5. The minimum absolute atomic E-state index is 0.0267. The highest BCUT2D eigenvalue weighted by Crippen LogP contribution is 2.27. The van der Waals surface area contributed by atoms with Crippen LogP contribution in [0.25, 0.3) is 11.0 Å². The first-order chi connectivity index (χ1) is 12.1. The van der Waals surface area contributed by atoms with E-state index < -0.39 is 0 Å². The number of benzene rings is 1. The lowest BCUT2D eigenvalue weighted by Gasteiger charge is -2.17. The summed E-state index contributed by atoms with van der Waals surface area (Å²) in [5.74, 6) is 1.11. The number of hydrogen-bond acceptors (Lipinski definition) is 4. The Morgan fingerprint density at radius 3 is 2.76 bits per heavy atom. The smallest absolute Gasteiger partial charge is 0.251 e. The summed E-state index contributed by atoms with van der Waals surface area (Å²) in [6.07, 6.45) is 2.21. The summed E-state index contributed by atoms with van der Waals surface area (Å²) >= 11 is 1.25. The van der Waals surface area contributed by atoms with Crippen molar-refractivity contribution < 1.29 is 13.9 Å². The molecule has 2 aromatic heterocycles. The molecular formula is C19H20N2O3S. The molecule has 0 aliphatic rings. The van der Waals surface area contributed by atoms with Gasteiger partial charge in [-0.2, -0.15) is 4.73 Å². The summed E-state index contributed by atoms with van der Waals surface area (Å²) in [6, 6.07) is 13.0. The Morgan fingerprint density at radius 1 is 1.24 bits per heavy atom. The lowest BCUT2D eigenvalue weighted by molar-refractivity contribution is -0.645. The van der Waals surface area contributed by atoms with Crippen molar-refractivity contribution in [1.29, 1.82) is 0 Å². The molecule has 0 saturated heterocycles. The lowest BCUT2D eigenvalue weighted by atomic mass is 10.1. The Hall–Kier alpha value is -2.47. The first-order valence-corrected chi connectivity index (χ1v) is 9.13. The number of rotatable bonds is 6. The average molecular weight is 356 g/mol. The molecule has 0 spiro atoms. The topological polar surface area (TPSA) is 60.4 Å². The largest absolute Gasteiger partial charge is 0.618 e. The number of amides is 1. The molecule has 5 nitrogen and oxygen atoms in total. The average Bonchev–Trinajstić information content (AvgIpc) is 2.98. The molecule has 2 heterocycles. The van der Waals surface area contributed by atoms with E-state index in [0.717, 1.165) is 33.4 Å². The van der Waals surface area contributed by atoms with Crippen LogP contribution in [0.5, 0.6) is 0 Å². The third-order valence-corrected chi connectivity index (χ3v) is 5.06. The summed E-state index contributed by atoms with van der Waals surface area (Å²) < 4.78 is 6.66. The maximum atomic E-state index is 12.5. The first kappa shape index (κ1) is 17.4. The zero-order valence-electron chi connectivity index (χ0n) is 14.3. The van der Waals surface area contributed by atoms with Crippen molar-refractivity contribution in [3.63, 3.8) is 0 Å². The van der Waals surface area contributed by atoms with E-state index >= 15 is 0 Å². The van der Waals surface area contributed by atoms with Crippen molar-refractivity contribution in [2.75, 3.05) is 12.8 Å². The molecule has 130 valence electrons. The van der Waals surface area contributed by atoms with Gasteiger partial charge in [0, 0.05) is 43.1 Å². The van der Waals surface area contributed by atoms with Gasteiger partial charge in [0.1, 0.15) is 11.3 Å². The lowest BCUT2D eigenvalue weighted by Crippen LogP contribution is -2.31. The fraction of sp³-hybridized carbons (Fsp3) is 0.263. The summed E-state index contributed by atoms with van der Waals surface area (Å²) in [5, 5.41) is 13.2. The van der Waals surface area contributed by atoms with Crippen LogP contribution in [-0.4, -0.2) is 23.6 Å². The van der Waals surface area contributed by atoms with Crippen LogP contribution in [0, 0.1) is 5.21 Å². The minimum Gasteiger partial charge on any atom is -0.618 e. The van der Waals surface area contributed by atoms with Gasteiger partial charge in [0.2, 0.25) is 5.91 Å². The standard InChI is InChI=1S/C19H20N2O3S/c1-3-16-15(14-8-4-5-9-17(14)24-16)12-20(2)18(22)13-25-19-10-6-7-11-21(19)23/h4-11H,3,12-13H2,1-2H3. The van der Waals surface area contributed by atoms with Crippen molar-refractivity contribution in [1.82, 2.24) is 4.90 Å². The van der Waals surface area contributed by atoms with E-state index in [1.807, 2.05) is 31.2 Å². The number of nitrogens with zero attached hydrogens (tertiary/aromatic N) is 2. The summed E-state index contributed by atoms with van der Waals surface area (Å²) in [6.45, 7) is 2.53. The number of hydrogen-bond donors (Lipinski definition) is 0. The Bertz CT molecular complexity index is 891. The van der Waals surface area contributed by atoms with Gasteiger partial charge in [-0.25, -0.2) is 0 Å². The van der Waals surface area contributed by atoms with Crippen molar-refractivity contribution in [2.24, 2.45) is 0 Å². The molecule has 1 amide bonds. The van der Waals surface area contributed by atoms with Gasteiger partial charge in [-0.3, -0.25) is 4.79 Å². The van der Waals surface area contributed by atoms with Crippen molar-refractivity contribution in [2.45, 2.75) is 24.9 Å². The zero-order valence-corrected chi connectivity index (χ0v) is 15.1. The molecule has 0 atom stereocenters. The predicted octanol–water partition coefficient (Wildman–Crippen LogP) is 3.38. The van der Waals surface area contributed by atoms with Crippen LogP contribution in [0.15, 0.2) is 58.1 Å². The molecule has 3 rings (SSSR count). The molecule has 0 radical (unpaired) electrons. The van der Waals surface area contributed by atoms with E-state index in [2.05, 4.69) is 0 Å². The number of para-hydroxylation sites is 1. The Morgan fingerprint density at radius 2 is 2.00 bits per heavy atom. The van der Waals surface area contributed by atoms with Gasteiger partial charge in [0.25, 0.3) is 5.03 Å². The highest BCUT2D eigenvalue weighted by atomic mass is 32.2. The summed E-state index contributed by atoms with van der Waals surface area (Å²) in [4.78, 5) is 14.1. The van der Waals surface area contributed by atoms with E-state index in [1.54, 1.807) is 30.1 Å². The SMILES string of the molecule is CCc1oc2ccccc2c1CN(C)C(=O)CSc1cccc[n+]1[O-]. The number of pyridine rings is 1. The molecule has 0 saturated carbocycles. The Kier molecular flexibility index (Phi) is 5.28. The van der Waals surface area contributed by atoms with Crippen molar-refractivity contribution in [3.05, 3.63) is 65.2 Å². The second kappa shape index (κ2) is 7.61. The number of furan rings is 1. The van der Waals surface area contributed by atoms with Crippen LogP contribution in [0.4, 0.5) is 0 Å². The highest BCUT2D eigenvalue weighted by Gasteiger charge is 2.18. The fourth-order valence-corrected chi connectivity index (χ4v) is 3.56. The second-order valence-electron chi connectivity index (χ2n) is 5.76. The number of carbonyl (C=O) groups excluding carboxylic acids is 1. The molecule has 3 aromatic rings. The maximum Gasteiger partial charge on any atom is 0.251 e. The fourth-order valence-electron chi connectivity index (χ4n) is 2.70. The van der Waals surface area contributed by atoms with Crippen LogP contribution in [0.1, 0.15) is 18.2 Å². The predicted molar refractivity (Wildman–Crippen MR) is 98.2 cm³/mol. The van der Waals surface area contributed by atoms with Gasteiger partial charge in [-0.1, -0.05) is 25.1 Å². The van der Waals surface area contributed by atoms with E-state index in [1.165, 1.54) is 18.0 Å². The van der Waals surface area contributed by atoms with Crippen LogP contribution in [-0.2, 0) is 17.8 Å². The van der Waals surface area contributed by atoms with Gasteiger partial charge in [-0.05, 0) is 23.9 Å². The molecule has 0 bridgehead atoms. The number of aryl methyl sites for hydroxylation is 1. The van der Waals surface area contributed by atoms with E-state index in [4.69, 9.17) is 4.42 Å². The van der Waals surface area contributed by atoms with Crippen LogP contribution >= 0.6 is 11.8 Å². The minimum atomic E-state index is -0.0267. The van der Waals surface area contributed by atoms with Gasteiger partial charge in [0.15, 0.2) is 6.20 Å². The molecule has 0 unspecified atom stereocenters. The quantitative estimate of drug-likeness (QED) is 0.386. The second-order valence-corrected chi connectivity index (χ2v) is 6.75. The van der Waals surface area contributed by atoms with Gasteiger partial charge in [-0.15, -0.1) is 0 Å². The van der Waals surface area contributed by atoms with Crippen molar-refractivity contribution in [3.8, 4) is 0 Å². The molecule has 1 aromatic carbocycles. The van der Waals surface area contributed by atoms with E-state index in [9.17, 15) is 10.0 Å². The zero-order chi connectivity index (χ0) is 17.8. The third kappa shape index (κ3) is 3.79. The molecule has 6 heteroatoms.